The molecule has 4 heteroatoms. The van der Waals surface area contributed by atoms with Crippen molar-refractivity contribution in [1.82, 2.24) is 0 Å². The number of amides is 1. The second-order valence-electron chi connectivity index (χ2n) is 6.19. The Hall–Kier alpha value is -2.78. The Morgan fingerprint density at radius 3 is 2.19 bits per heavy atom. The van der Waals surface area contributed by atoms with E-state index in [0.717, 1.165) is 16.7 Å². The maximum Gasteiger partial charge on any atom is 0.262 e. The maximum atomic E-state index is 12.1. The number of halogens is 1. The number of benzene rings is 3. The molecule has 0 fully saturated rings. The molecule has 3 rings (SSSR count). The number of hydrogen-bond acceptors (Lipinski definition) is 2. The van der Waals surface area contributed by atoms with Gasteiger partial charge in [0.25, 0.3) is 5.91 Å². The number of rotatable bonds is 5. The minimum Gasteiger partial charge on any atom is -0.484 e. The van der Waals surface area contributed by atoms with Crippen LogP contribution in [0.5, 0.6) is 5.75 Å². The first-order valence-electron chi connectivity index (χ1n) is 8.37. The standard InChI is InChI=1S/C22H20ClNO2/c1-15-3-6-17(7-4-15)18-8-11-20(12-9-18)26-14-22(25)24-21-13-19(23)10-5-16(21)2/h3-13H,14H2,1-2H3,(H,24,25). The Morgan fingerprint density at radius 2 is 1.54 bits per heavy atom. The van der Waals surface area contributed by atoms with Gasteiger partial charge in [-0.2, -0.15) is 0 Å². The highest BCUT2D eigenvalue weighted by molar-refractivity contribution is 6.31. The molecular formula is C22H20ClNO2. The quantitative estimate of drug-likeness (QED) is 0.635. The van der Waals surface area contributed by atoms with E-state index in [-0.39, 0.29) is 12.5 Å². The molecule has 0 aliphatic rings. The Labute approximate surface area is 158 Å². The zero-order valence-electron chi connectivity index (χ0n) is 14.8. The molecule has 0 bridgehead atoms. The van der Waals surface area contributed by atoms with E-state index in [4.69, 9.17) is 16.3 Å². The highest BCUT2D eigenvalue weighted by atomic mass is 35.5. The van der Waals surface area contributed by atoms with E-state index >= 15 is 0 Å². The molecule has 132 valence electrons. The van der Waals surface area contributed by atoms with E-state index in [1.54, 1.807) is 12.1 Å². The molecule has 26 heavy (non-hydrogen) atoms. The molecule has 0 aromatic heterocycles. The third-order valence-corrected chi connectivity index (χ3v) is 4.32. The van der Waals surface area contributed by atoms with Crippen LogP contribution in [0, 0.1) is 13.8 Å². The van der Waals surface area contributed by atoms with Crippen molar-refractivity contribution in [2.75, 3.05) is 11.9 Å². The van der Waals surface area contributed by atoms with Gasteiger partial charge in [-0.25, -0.2) is 0 Å². The fourth-order valence-electron chi connectivity index (χ4n) is 2.55. The van der Waals surface area contributed by atoms with Crippen LogP contribution in [0.3, 0.4) is 0 Å². The summed E-state index contributed by atoms with van der Waals surface area (Å²) in [5, 5.41) is 3.40. The predicted molar refractivity (Wildman–Crippen MR) is 107 cm³/mol. The number of hydrogen-bond donors (Lipinski definition) is 1. The summed E-state index contributed by atoms with van der Waals surface area (Å²) in [5.74, 6) is 0.428. The number of carbonyl (C=O) groups is 1. The average molecular weight is 366 g/mol. The van der Waals surface area contributed by atoms with E-state index in [9.17, 15) is 4.79 Å². The second kappa shape index (κ2) is 8.07. The van der Waals surface area contributed by atoms with E-state index < -0.39 is 0 Å². The number of anilines is 1. The first-order chi connectivity index (χ1) is 12.5. The normalized spacial score (nSPS) is 10.4. The van der Waals surface area contributed by atoms with Gasteiger partial charge < -0.3 is 10.1 Å². The molecule has 3 aromatic rings. The molecule has 3 aromatic carbocycles. The Balaban J connectivity index is 1.58. The van der Waals surface area contributed by atoms with Crippen LogP contribution in [0.15, 0.2) is 66.7 Å². The van der Waals surface area contributed by atoms with Gasteiger partial charge in [-0.3, -0.25) is 4.79 Å². The van der Waals surface area contributed by atoms with Crippen LogP contribution in [0.2, 0.25) is 5.02 Å². The minimum atomic E-state index is -0.224. The Morgan fingerprint density at radius 1 is 0.923 bits per heavy atom. The zero-order valence-corrected chi connectivity index (χ0v) is 15.5. The SMILES string of the molecule is Cc1ccc(-c2ccc(OCC(=O)Nc3cc(Cl)ccc3C)cc2)cc1. The van der Waals surface area contributed by atoms with Crippen molar-refractivity contribution in [2.45, 2.75) is 13.8 Å². The minimum absolute atomic E-state index is 0.0597. The summed E-state index contributed by atoms with van der Waals surface area (Å²) in [7, 11) is 0. The van der Waals surface area contributed by atoms with Crippen LogP contribution < -0.4 is 10.1 Å². The van der Waals surface area contributed by atoms with Crippen molar-refractivity contribution < 1.29 is 9.53 Å². The fourth-order valence-corrected chi connectivity index (χ4v) is 2.73. The number of carbonyl (C=O) groups excluding carboxylic acids is 1. The summed E-state index contributed by atoms with van der Waals surface area (Å²) in [6.07, 6.45) is 0. The van der Waals surface area contributed by atoms with Gasteiger partial charge in [0.05, 0.1) is 0 Å². The largest absolute Gasteiger partial charge is 0.484 e. The van der Waals surface area contributed by atoms with Gasteiger partial charge in [-0.15, -0.1) is 0 Å². The van der Waals surface area contributed by atoms with Crippen LogP contribution in [0.4, 0.5) is 5.69 Å². The molecule has 0 unspecified atom stereocenters. The van der Waals surface area contributed by atoms with Crippen LogP contribution >= 0.6 is 11.6 Å². The van der Waals surface area contributed by atoms with Crippen LogP contribution in [-0.2, 0) is 4.79 Å². The lowest BCUT2D eigenvalue weighted by Crippen LogP contribution is -2.20. The topological polar surface area (TPSA) is 38.3 Å². The summed E-state index contributed by atoms with van der Waals surface area (Å²) >= 11 is 5.96. The number of nitrogens with one attached hydrogen (secondary N) is 1. The molecule has 0 heterocycles. The zero-order chi connectivity index (χ0) is 18.5. The molecule has 0 aliphatic carbocycles. The Kier molecular flexibility index (Phi) is 5.59. The van der Waals surface area contributed by atoms with E-state index in [1.807, 2.05) is 37.3 Å². The molecule has 0 atom stereocenters. The van der Waals surface area contributed by atoms with Crippen molar-refractivity contribution in [1.29, 1.82) is 0 Å². The van der Waals surface area contributed by atoms with E-state index in [2.05, 4.69) is 36.5 Å². The molecule has 0 spiro atoms. The van der Waals surface area contributed by atoms with Crippen molar-refractivity contribution in [3.8, 4) is 16.9 Å². The lowest BCUT2D eigenvalue weighted by Gasteiger charge is -2.10. The maximum absolute atomic E-state index is 12.1. The van der Waals surface area contributed by atoms with Gasteiger partial charge in [0.2, 0.25) is 0 Å². The lowest BCUT2D eigenvalue weighted by atomic mass is 10.0. The number of ether oxygens (including phenoxy) is 1. The molecular weight excluding hydrogens is 346 g/mol. The Bertz CT molecular complexity index is 902. The summed E-state index contributed by atoms with van der Waals surface area (Å²) in [5.41, 5.74) is 5.13. The molecule has 1 amide bonds. The summed E-state index contributed by atoms with van der Waals surface area (Å²) < 4.78 is 5.58. The third kappa shape index (κ3) is 4.64. The molecule has 1 N–H and O–H groups in total. The molecule has 0 saturated carbocycles. The smallest absolute Gasteiger partial charge is 0.262 e. The monoisotopic (exact) mass is 365 g/mol. The number of aryl methyl sites for hydroxylation is 2. The van der Waals surface area contributed by atoms with Gasteiger partial charge in [0, 0.05) is 10.7 Å². The highest BCUT2D eigenvalue weighted by Crippen LogP contribution is 2.23. The van der Waals surface area contributed by atoms with Crippen molar-refractivity contribution in [3.05, 3.63) is 82.9 Å². The predicted octanol–water partition coefficient (Wildman–Crippen LogP) is 5.64. The van der Waals surface area contributed by atoms with Crippen molar-refractivity contribution in [2.24, 2.45) is 0 Å². The summed E-state index contributed by atoms with van der Waals surface area (Å²) in [6, 6.07) is 21.4. The highest BCUT2D eigenvalue weighted by Gasteiger charge is 2.07. The van der Waals surface area contributed by atoms with E-state index in [0.29, 0.717) is 16.5 Å². The van der Waals surface area contributed by atoms with Gasteiger partial charge in [0.1, 0.15) is 5.75 Å². The van der Waals surface area contributed by atoms with Gasteiger partial charge in [-0.05, 0) is 54.8 Å². The molecule has 0 radical (unpaired) electrons. The first-order valence-corrected chi connectivity index (χ1v) is 8.75. The summed E-state index contributed by atoms with van der Waals surface area (Å²) in [6.45, 7) is 3.92. The lowest BCUT2D eigenvalue weighted by molar-refractivity contribution is -0.118. The molecule has 0 saturated heterocycles. The fraction of sp³-hybridized carbons (Fsp3) is 0.136. The second-order valence-corrected chi connectivity index (χ2v) is 6.62. The van der Waals surface area contributed by atoms with Crippen LogP contribution in [0.1, 0.15) is 11.1 Å². The average Bonchev–Trinajstić information content (AvgIpc) is 2.64. The molecule has 0 aliphatic heterocycles. The van der Waals surface area contributed by atoms with E-state index in [1.165, 1.54) is 5.56 Å². The summed E-state index contributed by atoms with van der Waals surface area (Å²) in [4.78, 5) is 12.1. The first kappa shape index (κ1) is 18.0. The van der Waals surface area contributed by atoms with Gasteiger partial charge in [-0.1, -0.05) is 59.6 Å². The van der Waals surface area contributed by atoms with Crippen molar-refractivity contribution >= 4 is 23.2 Å². The molecule has 3 nitrogen and oxygen atoms in total. The van der Waals surface area contributed by atoms with Gasteiger partial charge >= 0.3 is 0 Å². The van der Waals surface area contributed by atoms with Gasteiger partial charge in [0.15, 0.2) is 6.61 Å². The van der Waals surface area contributed by atoms with Crippen LogP contribution in [-0.4, -0.2) is 12.5 Å². The van der Waals surface area contributed by atoms with Crippen LogP contribution in [0.25, 0.3) is 11.1 Å². The third-order valence-electron chi connectivity index (χ3n) is 4.08. The van der Waals surface area contributed by atoms with Crippen molar-refractivity contribution in [3.63, 3.8) is 0 Å².